The Morgan fingerprint density at radius 1 is 1.24 bits per heavy atom. The van der Waals surface area contributed by atoms with Crippen molar-refractivity contribution in [1.29, 1.82) is 0 Å². The fraction of sp³-hybridized carbons (Fsp3) is 0.467. The predicted octanol–water partition coefficient (Wildman–Crippen LogP) is 1.99. The number of benzene rings is 1. The van der Waals surface area contributed by atoms with Crippen molar-refractivity contribution in [2.75, 3.05) is 25.6 Å². The minimum absolute atomic E-state index is 0.00547. The normalized spacial score (nSPS) is 16.2. The van der Waals surface area contributed by atoms with Gasteiger partial charge in [0.15, 0.2) is 5.58 Å². The van der Waals surface area contributed by atoms with E-state index in [0.717, 1.165) is 19.3 Å². The van der Waals surface area contributed by atoms with Crippen LogP contribution in [-0.4, -0.2) is 49.0 Å². The quantitative estimate of drug-likeness (QED) is 0.743. The number of aromatic nitrogens is 1. The van der Waals surface area contributed by atoms with Crippen molar-refractivity contribution in [3.05, 3.63) is 28.7 Å². The number of hydrogen-bond donors (Lipinski definition) is 0. The number of fused-ring (bicyclic) bond motifs is 1. The average molecular weight is 389 g/mol. The summed E-state index contributed by atoms with van der Waals surface area (Å²) in [4.78, 5) is 23.9. The maximum atomic E-state index is 12.7. The maximum Gasteiger partial charge on any atom is 0.429 e. The summed E-state index contributed by atoms with van der Waals surface area (Å²) in [5, 5.41) is 0. The number of rotatable bonds is 4. The monoisotopic (exact) mass is 388 g/mol. The molecule has 1 aliphatic heterocycles. The first-order valence-corrected chi connectivity index (χ1v) is 9.81. The Morgan fingerprint density at radius 3 is 2.64 bits per heavy atom. The molecule has 0 N–H and O–H groups in total. The lowest BCUT2D eigenvalue weighted by Crippen LogP contribution is -2.35. The van der Waals surface area contributed by atoms with Crippen LogP contribution in [0.1, 0.15) is 19.3 Å². The van der Waals surface area contributed by atoms with E-state index in [2.05, 4.69) is 0 Å². The van der Waals surface area contributed by atoms with E-state index in [1.165, 1.54) is 22.5 Å². The van der Waals surface area contributed by atoms with Crippen LogP contribution in [0.2, 0.25) is 0 Å². The standard InChI is InChI=1S/C15H17ClN2O6S/c16-6-9-23-14(19)18-12-5-4-11(10-13(12)24-15(18)20)25(21,22)17-7-2-1-3-8-17/h4-5,10H,1-3,6-9H2. The summed E-state index contributed by atoms with van der Waals surface area (Å²) in [6.07, 6.45) is 1.72. The number of alkyl halides is 1. The second-order valence-corrected chi connectivity index (χ2v) is 7.92. The second-order valence-electron chi connectivity index (χ2n) is 5.60. The lowest BCUT2D eigenvalue weighted by molar-refractivity contribution is 0.153. The number of oxazole rings is 1. The molecule has 0 atom stereocenters. The van der Waals surface area contributed by atoms with Gasteiger partial charge in [0.25, 0.3) is 0 Å². The van der Waals surface area contributed by atoms with Crippen LogP contribution in [0.15, 0.2) is 32.3 Å². The van der Waals surface area contributed by atoms with E-state index < -0.39 is 21.9 Å². The molecule has 1 aromatic heterocycles. The molecule has 1 aromatic carbocycles. The number of sulfonamides is 1. The molecule has 1 aliphatic rings. The number of halogens is 1. The van der Waals surface area contributed by atoms with Gasteiger partial charge in [-0.15, -0.1) is 11.6 Å². The third-order valence-electron chi connectivity index (χ3n) is 3.99. The zero-order chi connectivity index (χ0) is 18.0. The Labute approximate surface area is 149 Å². The van der Waals surface area contributed by atoms with E-state index in [9.17, 15) is 18.0 Å². The molecule has 25 heavy (non-hydrogen) atoms. The molecule has 0 aliphatic carbocycles. The van der Waals surface area contributed by atoms with Gasteiger partial charge in [-0.3, -0.25) is 0 Å². The number of ether oxygens (including phenoxy) is 1. The van der Waals surface area contributed by atoms with Crippen molar-refractivity contribution in [1.82, 2.24) is 8.87 Å². The van der Waals surface area contributed by atoms with Gasteiger partial charge < -0.3 is 9.15 Å². The first kappa shape index (κ1) is 18.0. The molecule has 0 radical (unpaired) electrons. The summed E-state index contributed by atoms with van der Waals surface area (Å²) in [6, 6.07) is 3.97. The van der Waals surface area contributed by atoms with Gasteiger partial charge in [-0.25, -0.2) is 18.0 Å². The molecule has 2 aromatic rings. The smallest absolute Gasteiger partial charge is 0.429 e. The third-order valence-corrected chi connectivity index (χ3v) is 6.04. The van der Waals surface area contributed by atoms with Gasteiger partial charge in [0, 0.05) is 19.2 Å². The van der Waals surface area contributed by atoms with Crippen LogP contribution in [-0.2, 0) is 14.8 Å². The van der Waals surface area contributed by atoms with Crippen LogP contribution in [0.5, 0.6) is 0 Å². The molecule has 136 valence electrons. The van der Waals surface area contributed by atoms with Crippen LogP contribution in [0.4, 0.5) is 4.79 Å². The number of hydrogen-bond acceptors (Lipinski definition) is 6. The van der Waals surface area contributed by atoms with Gasteiger partial charge in [-0.2, -0.15) is 8.87 Å². The lowest BCUT2D eigenvalue weighted by atomic mass is 10.2. The predicted molar refractivity (Wildman–Crippen MR) is 90.5 cm³/mol. The van der Waals surface area contributed by atoms with Gasteiger partial charge >= 0.3 is 11.8 Å². The van der Waals surface area contributed by atoms with Gasteiger partial charge in [0.2, 0.25) is 10.0 Å². The Hall–Kier alpha value is -1.84. The van der Waals surface area contributed by atoms with E-state index in [1.54, 1.807) is 0 Å². The molecule has 1 fully saturated rings. The highest BCUT2D eigenvalue weighted by Gasteiger charge is 2.27. The Kier molecular flexibility index (Phi) is 5.16. The van der Waals surface area contributed by atoms with Gasteiger partial charge in [-0.05, 0) is 25.0 Å². The van der Waals surface area contributed by atoms with E-state index in [1.807, 2.05) is 0 Å². The Bertz CT molecular complexity index is 943. The van der Waals surface area contributed by atoms with Crippen molar-refractivity contribution in [3.8, 4) is 0 Å². The largest absolute Gasteiger partial charge is 0.448 e. The minimum Gasteiger partial charge on any atom is -0.448 e. The van der Waals surface area contributed by atoms with Gasteiger partial charge in [-0.1, -0.05) is 6.42 Å². The zero-order valence-corrected chi connectivity index (χ0v) is 14.9. The van der Waals surface area contributed by atoms with Crippen LogP contribution < -0.4 is 5.76 Å². The van der Waals surface area contributed by atoms with Crippen molar-refractivity contribution in [2.45, 2.75) is 24.2 Å². The lowest BCUT2D eigenvalue weighted by Gasteiger charge is -2.25. The van der Waals surface area contributed by atoms with E-state index >= 15 is 0 Å². The average Bonchev–Trinajstić information content (AvgIpc) is 2.95. The van der Waals surface area contributed by atoms with Crippen LogP contribution in [0.25, 0.3) is 11.1 Å². The van der Waals surface area contributed by atoms with Crippen molar-refractivity contribution in [2.24, 2.45) is 0 Å². The Balaban J connectivity index is 1.99. The molecule has 1 saturated heterocycles. The minimum atomic E-state index is -3.66. The van der Waals surface area contributed by atoms with Crippen LogP contribution in [0.3, 0.4) is 0 Å². The molecule has 0 unspecified atom stereocenters. The summed E-state index contributed by atoms with van der Waals surface area (Å²) in [6.45, 7) is 0.882. The van der Waals surface area contributed by atoms with Gasteiger partial charge in [0.1, 0.15) is 12.1 Å². The fourth-order valence-electron chi connectivity index (χ4n) is 2.78. The summed E-state index contributed by atoms with van der Waals surface area (Å²) < 4.78 is 37.3. The van der Waals surface area contributed by atoms with E-state index in [4.69, 9.17) is 20.8 Å². The molecule has 10 heteroatoms. The molecule has 0 amide bonds. The molecule has 2 heterocycles. The van der Waals surface area contributed by atoms with E-state index in [-0.39, 0.29) is 28.5 Å². The molecule has 8 nitrogen and oxygen atoms in total. The third kappa shape index (κ3) is 3.44. The van der Waals surface area contributed by atoms with Crippen LogP contribution in [0, 0.1) is 0 Å². The molecule has 3 rings (SSSR count). The van der Waals surface area contributed by atoms with Gasteiger partial charge in [0.05, 0.1) is 10.8 Å². The SMILES string of the molecule is O=C(OCCCl)n1c(=O)oc2cc(S(=O)(=O)N3CCCCC3)ccc21. The van der Waals surface area contributed by atoms with Crippen LogP contribution >= 0.6 is 11.6 Å². The molecule has 0 saturated carbocycles. The fourth-order valence-corrected chi connectivity index (χ4v) is 4.39. The van der Waals surface area contributed by atoms with Crippen molar-refractivity contribution >= 4 is 38.8 Å². The summed E-state index contributed by atoms with van der Waals surface area (Å²) in [7, 11) is -3.66. The maximum absolute atomic E-state index is 12.7. The summed E-state index contributed by atoms with van der Waals surface area (Å²) >= 11 is 5.45. The molecular formula is C15H17ClN2O6S. The van der Waals surface area contributed by atoms with Crippen molar-refractivity contribution < 1.29 is 22.4 Å². The highest BCUT2D eigenvalue weighted by atomic mass is 35.5. The summed E-state index contributed by atoms with van der Waals surface area (Å²) in [5.74, 6) is -0.851. The van der Waals surface area contributed by atoms with Crippen molar-refractivity contribution in [3.63, 3.8) is 0 Å². The number of nitrogens with zero attached hydrogens (tertiary/aromatic N) is 2. The first-order valence-electron chi connectivity index (χ1n) is 7.84. The topological polar surface area (TPSA) is 98.8 Å². The van der Waals surface area contributed by atoms with E-state index in [0.29, 0.717) is 17.7 Å². The highest BCUT2D eigenvalue weighted by Crippen LogP contribution is 2.24. The summed E-state index contributed by atoms with van der Waals surface area (Å²) in [5.41, 5.74) is 0.146. The highest BCUT2D eigenvalue weighted by molar-refractivity contribution is 7.89. The second kappa shape index (κ2) is 7.19. The number of carbonyl (C=O) groups is 1. The zero-order valence-electron chi connectivity index (χ0n) is 13.3. The Morgan fingerprint density at radius 2 is 1.96 bits per heavy atom. The number of carbonyl (C=O) groups excluding carboxylic acids is 1. The molecule has 0 spiro atoms. The first-order chi connectivity index (χ1) is 11.9. The molecule has 0 bridgehead atoms. The molecular weight excluding hydrogens is 372 g/mol. The number of piperidine rings is 1.